The first-order chi connectivity index (χ1) is 8.52. The summed E-state index contributed by atoms with van der Waals surface area (Å²) in [5.74, 6) is 0.0661. The van der Waals surface area contributed by atoms with Gasteiger partial charge in [0.1, 0.15) is 5.03 Å². The van der Waals surface area contributed by atoms with Crippen molar-refractivity contribution in [3.05, 3.63) is 22.3 Å². The second-order valence-corrected chi connectivity index (χ2v) is 5.83. The number of thiazole rings is 1. The van der Waals surface area contributed by atoms with Crippen LogP contribution in [-0.2, 0) is 7.05 Å². The minimum Gasteiger partial charge on any atom is -0.409 e. The Balaban J connectivity index is 2.44. The number of aryl methyl sites for hydroxylation is 3. The maximum atomic E-state index is 8.82. The molecule has 3 N–H and O–H groups in total. The molecule has 0 aromatic carbocycles. The van der Waals surface area contributed by atoms with Crippen molar-refractivity contribution < 1.29 is 5.21 Å². The maximum Gasteiger partial charge on any atom is 0.174 e. The summed E-state index contributed by atoms with van der Waals surface area (Å²) in [6.07, 6.45) is 0. The molecule has 0 saturated carbocycles. The number of oxime groups is 1. The van der Waals surface area contributed by atoms with Crippen molar-refractivity contribution in [2.75, 3.05) is 0 Å². The van der Waals surface area contributed by atoms with Crippen LogP contribution < -0.4 is 5.73 Å². The summed E-state index contributed by atoms with van der Waals surface area (Å²) in [5.41, 5.74) is 8.04. The van der Waals surface area contributed by atoms with Gasteiger partial charge in [-0.25, -0.2) is 4.98 Å². The van der Waals surface area contributed by atoms with E-state index in [1.54, 1.807) is 16.0 Å². The van der Waals surface area contributed by atoms with Gasteiger partial charge in [0.15, 0.2) is 10.2 Å². The van der Waals surface area contributed by atoms with Gasteiger partial charge in [0.2, 0.25) is 0 Å². The quantitative estimate of drug-likeness (QED) is 0.387. The number of rotatable bonds is 3. The summed E-state index contributed by atoms with van der Waals surface area (Å²) in [6, 6.07) is 0. The predicted molar refractivity (Wildman–Crippen MR) is 71.4 cm³/mol. The molecule has 18 heavy (non-hydrogen) atoms. The number of nitrogens with zero attached hydrogens (tertiary/aromatic N) is 4. The van der Waals surface area contributed by atoms with E-state index >= 15 is 0 Å². The molecular formula is C10H13N5OS2. The van der Waals surface area contributed by atoms with Gasteiger partial charge in [-0.1, -0.05) is 5.16 Å². The largest absolute Gasteiger partial charge is 0.409 e. The second-order valence-electron chi connectivity index (χ2n) is 3.73. The summed E-state index contributed by atoms with van der Waals surface area (Å²) < 4.78 is 2.62. The Bertz CT molecular complexity index is 601. The Kier molecular flexibility index (Phi) is 3.58. The van der Waals surface area contributed by atoms with Crippen LogP contribution in [-0.4, -0.2) is 25.8 Å². The van der Waals surface area contributed by atoms with E-state index in [-0.39, 0.29) is 5.84 Å². The van der Waals surface area contributed by atoms with Gasteiger partial charge in [0.25, 0.3) is 0 Å². The van der Waals surface area contributed by atoms with Gasteiger partial charge in [-0.05, 0) is 25.6 Å². The lowest BCUT2D eigenvalue weighted by Crippen LogP contribution is -2.14. The van der Waals surface area contributed by atoms with E-state index in [2.05, 4.69) is 15.2 Å². The van der Waals surface area contributed by atoms with Crippen molar-refractivity contribution in [3.63, 3.8) is 0 Å². The van der Waals surface area contributed by atoms with Gasteiger partial charge < -0.3 is 10.9 Å². The molecule has 0 aliphatic heterocycles. The number of hydrogen-bond acceptors (Lipinski definition) is 6. The van der Waals surface area contributed by atoms with Crippen LogP contribution in [0.25, 0.3) is 0 Å². The van der Waals surface area contributed by atoms with E-state index < -0.39 is 0 Å². The van der Waals surface area contributed by atoms with Gasteiger partial charge in [-0.2, -0.15) is 5.10 Å². The fourth-order valence-corrected chi connectivity index (χ4v) is 3.54. The second kappa shape index (κ2) is 4.99. The van der Waals surface area contributed by atoms with Crippen LogP contribution in [0, 0.1) is 13.8 Å². The lowest BCUT2D eigenvalue weighted by atomic mass is 10.2. The van der Waals surface area contributed by atoms with Gasteiger partial charge in [-0.3, -0.25) is 4.68 Å². The minimum absolute atomic E-state index is 0.0661. The lowest BCUT2D eigenvalue weighted by Gasteiger charge is -2.02. The first kappa shape index (κ1) is 12.9. The maximum absolute atomic E-state index is 8.82. The molecule has 0 radical (unpaired) electrons. The van der Waals surface area contributed by atoms with Crippen molar-refractivity contribution in [3.8, 4) is 0 Å². The summed E-state index contributed by atoms with van der Waals surface area (Å²) in [4.78, 5) is 4.38. The van der Waals surface area contributed by atoms with E-state index in [0.29, 0.717) is 5.56 Å². The standard InChI is InChI=1S/C10H13N5OS2/c1-5-4-17-10(12-5)18-9-7(8(11)14-16)6(2)13-15(9)3/h4,16H,1-3H3,(H2,11,14). The van der Waals surface area contributed by atoms with Crippen molar-refractivity contribution >= 4 is 28.9 Å². The Hall–Kier alpha value is -1.54. The van der Waals surface area contributed by atoms with Gasteiger partial charge >= 0.3 is 0 Å². The molecule has 0 aliphatic carbocycles. The van der Waals surface area contributed by atoms with Crippen molar-refractivity contribution in [1.82, 2.24) is 14.8 Å². The van der Waals surface area contributed by atoms with E-state index in [1.807, 2.05) is 26.3 Å². The molecule has 0 atom stereocenters. The topological polar surface area (TPSA) is 89.3 Å². The molecule has 8 heteroatoms. The summed E-state index contributed by atoms with van der Waals surface area (Å²) in [6.45, 7) is 3.77. The van der Waals surface area contributed by atoms with Crippen LogP contribution in [0.2, 0.25) is 0 Å². The molecule has 2 rings (SSSR count). The molecular weight excluding hydrogens is 270 g/mol. The highest BCUT2D eigenvalue weighted by molar-refractivity contribution is 8.01. The molecule has 2 aromatic heterocycles. The average Bonchev–Trinajstić information content (AvgIpc) is 2.84. The Labute approximate surface area is 113 Å². The molecule has 0 amide bonds. The van der Waals surface area contributed by atoms with Crippen LogP contribution in [0.15, 0.2) is 19.9 Å². The monoisotopic (exact) mass is 283 g/mol. The Morgan fingerprint density at radius 2 is 2.28 bits per heavy atom. The molecule has 0 unspecified atom stereocenters. The SMILES string of the molecule is Cc1csc(Sc2c(C(N)=NO)c(C)nn2C)n1. The Morgan fingerprint density at radius 1 is 1.56 bits per heavy atom. The van der Waals surface area contributed by atoms with Crippen molar-refractivity contribution in [1.29, 1.82) is 0 Å². The zero-order valence-electron chi connectivity index (χ0n) is 10.2. The van der Waals surface area contributed by atoms with E-state index in [9.17, 15) is 0 Å². The van der Waals surface area contributed by atoms with E-state index in [0.717, 1.165) is 20.8 Å². The van der Waals surface area contributed by atoms with Crippen LogP contribution in [0.5, 0.6) is 0 Å². The highest BCUT2D eigenvalue weighted by Gasteiger charge is 2.19. The van der Waals surface area contributed by atoms with Crippen LogP contribution in [0.4, 0.5) is 0 Å². The van der Waals surface area contributed by atoms with Gasteiger partial charge in [0.05, 0.1) is 11.3 Å². The number of hydrogen-bond donors (Lipinski definition) is 2. The molecule has 0 fully saturated rings. The zero-order valence-corrected chi connectivity index (χ0v) is 11.8. The lowest BCUT2D eigenvalue weighted by molar-refractivity contribution is 0.318. The third-order valence-corrected chi connectivity index (χ3v) is 4.53. The average molecular weight is 283 g/mol. The summed E-state index contributed by atoms with van der Waals surface area (Å²) in [5, 5.41) is 19.0. The van der Waals surface area contributed by atoms with Crippen molar-refractivity contribution in [2.45, 2.75) is 23.2 Å². The van der Waals surface area contributed by atoms with Gasteiger partial charge in [-0.15, -0.1) is 11.3 Å². The fraction of sp³-hybridized carbons (Fsp3) is 0.300. The molecule has 0 bridgehead atoms. The third-order valence-electron chi connectivity index (χ3n) is 2.32. The van der Waals surface area contributed by atoms with Gasteiger partial charge in [0, 0.05) is 18.1 Å². The number of amidine groups is 1. The predicted octanol–water partition coefficient (Wildman–Crippen LogP) is 1.74. The highest BCUT2D eigenvalue weighted by atomic mass is 32.2. The third kappa shape index (κ3) is 2.34. The normalized spacial score (nSPS) is 12.1. The van der Waals surface area contributed by atoms with Crippen LogP contribution in [0.1, 0.15) is 17.0 Å². The summed E-state index contributed by atoms with van der Waals surface area (Å²) >= 11 is 3.02. The Morgan fingerprint density at radius 3 is 2.83 bits per heavy atom. The minimum atomic E-state index is 0.0661. The van der Waals surface area contributed by atoms with Crippen molar-refractivity contribution in [2.24, 2.45) is 17.9 Å². The number of nitrogens with two attached hydrogens (primary N) is 1. The highest BCUT2D eigenvalue weighted by Crippen LogP contribution is 2.33. The van der Waals surface area contributed by atoms with E-state index in [1.165, 1.54) is 11.8 Å². The number of aromatic nitrogens is 3. The molecule has 0 aliphatic rings. The summed E-state index contributed by atoms with van der Waals surface area (Å²) in [7, 11) is 1.82. The smallest absolute Gasteiger partial charge is 0.174 e. The molecule has 2 heterocycles. The molecule has 0 spiro atoms. The van der Waals surface area contributed by atoms with E-state index in [4.69, 9.17) is 10.9 Å². The first-order valence-electron chi connectivity index (χ1n) is 5.14. The molecule has 96 valence electrons. The molecule has 0 saturated heterocycles. The fourth-order valence-electron chi connectivity index (χ4n) is 1.56. The first-order valence-corrected chi connectivity index (χ1v) is 6.84. The zero-order chi connectivity index (χ0) is 13.3. The van der Waals surface area contributed by atoms with Crippen LogP contribution in [0.3, 0.4) is 0 Å². The van der Waals surface area contributed by atoms with Crippen LogP contribution >= 0.6 is 23.1 Å². The molecule has 2 aromatic rings. The molecule has 6 nitrogen and oxygen atoms in total.